The predicted octanol–water partition coefficient (Wildman–Crippen LogP) is 3.61. The molecule has 0 radical (unpaired) electrons. The van der Waals surface area contributed by atoms with Crippen molar-refractivity contribution in [2.75, 3.05) is 24.2 Å². The van der Waals surface area contributed by atoms with Crippen LogP contribution in [0.3, 0.4) is 0 Å². The van der Waals surface area contributed by atoms with Gasteiger partial charge >= 0.3 is 0 Å². The molecule has 1 unspecified atom stereocenters. The Morgan fingerprint density at radius 2 is 2.04 bits per heavy atom. The quantitative estimate of drug-likeness (QED) is 0.848. The van der Waals surface area contributed by atoms with Gasteiger partial charge in [0.1, 0.15) is 5.02 Å². The minimum atomic E-state index is -0.264. The van der Waals surface area contributed by atoms with E-state index in [0.717, 1.165) is 30.9 Å². The van der Waals surface area contributed by atoms with Gasteiger partial charge in [-0.05, 0) is 31.2 Å². The summed E-state index contributed by atoms with van der Waals surface area (Å²) in [6.07, 6.45) is 7.41. The number of nitrogens with zero attached hydrogens (tertiary/aromatic N) is 3. The van der Waals surface area contributed by atoms with Gasteiger partial charge in [-0.15, -0.1) is 0 Å². The van der Waals surface area contributed by atoms with Crippen molar-refractivity contribution in [3.63, 3.8) is 0 Å². The van der Waals surface area contributed by atoms with E-state index in [-0.39, 0.29) is 10.6 Å². The van der Waals surface area contributed by atoms with E-state index in [0.29, 0.717) is 5.25 Å². The molecule has 23 heavy (non-hydrogen) atoms. The van der Waals surface area contributed by atoms with Gasteiger partial charge in [0.25, 0.3) is 5.56 Å². The Morgan fingerprint density at radius 3 is 2.78 bits per heavy atom. The Balaban J connectivity index is 1.95. The van der Waals surface area contributed by atoms with Crippen LogP contribution >= 0.6 is 23.4 Å². The molecule has 0 bridgehead atoms. The van der Waals surface area contributed by atoms with Crippen LogP contribution in [0.25, 0.3) is 5.69 Å². The van der Waals surface area contributed by atoms with Crippen LogP contribution in [-0.2, 0) is 0 Å². The molecule has 4 nitrogen and oxygen atoms in total. The topological polar surface area (TPSA) is 38.1 Å². The maximum Gasteiger partial charge on any atom is 0.292 e. The minimum Gasteiger partial charge on any atom is -0.368 e. The summed E-state index contributed by atoms with van der Waals surface area (Å²) < 4.78 is 1.36. The van der Waals surface area contributed by atoms with Gasteiger partial charge in [-0.2, -0.15) is 21.5 Å². The van der Waals surface area contributed by atoms with Crippen LogP contribution in [0.1, 0.15) is 19.3 Å². The molecule has 0 spiro atoms. The summed E-state index contributed by atoms with van der Waals surface area (Å²) in [6.45, 7) is 1.84. The van der Waals surface area contributed by atoms with Crippen LogP contribution in [0.5, 0.6) is 0 Å². The largest absolute Gasteiger partial charge is 0.368 e. The molecule has 6 heteroatoms. The Kier molecular flexibility index (Phi) is 5.28. The highest BCUT2D eigenvalue weighted by Crippen LogP contribution is 2.27. The first kappa shape index (κ1) is 16.4. The number of benzene rings is 1. The van der Waals surface area contributed by atoms with Crippen molar-refractivity contribution < 1.29 is 0 Å². The predicted molar refractivity (Wildman–Crippen MR) is 98.2 cm³/mol. The molecule has 2 aromatic rings. The van der Waals surface area contributed by atoms with Crippen molar-refractivity contribution in [3.05, 3.63) is 51.9 Å². The maximum absolute atomic E-state index is 12.6. The number of anilines is 1. The second-order valence-corrected chi connectivity index (χ2v) is 7.21. The summed E-state index contributed by atoms with van der Waals surface area (Å²) in [5, 5.41) is 5.17. The van der Waals surface area contributed by atoms with Gasteiger partial charge in [0, 0.05) is 18.3 Å². The molecule has 0 aliphatic carbocycles. The number of para-hydroxylation sites is 1. The fourth-order valence-corrected chi connectivity index (χ4v) is 3.89. The third-order valence-electron chi connectivity index (χ3n) is 4.20. The molecule has 1 aliphatic rings. The van der Waals surface area contributed by atoms with E-state index < -0.39 is 0 Å². The maximum atomic E-state index is 12.6. The molecule has 1 aromatic carbocycles. The van der Waals surface area contributed by atoms with E-state index in [1.165, 1.54) is 17.5 Å². The van der Waals surface area contributed by atoms with E-state index in [1.807, 2.05) is 42.1 Å². The lowest BCUT2D eigenvalue weighted by Gasteiger charge is -2.26. The van der Waals surface area contributed by atoms with E-state index in [4.69, 9.17) is 11.6 Å². The lowest BCUT2D eigenvalue weighted by atomic mass is 10.2. The molecule has 0 saturated carbocycles. The summed E-state index contributed by atoms with van der Waals surface area (Å²) in [7, 11) is 0. The lowest BCUT2D eigenvalue weighted by molar-refractivity contribution is 0.736. The first-order chi connectivity index (χ1) is 11.2. The molecule has 122 valence electrons. The summed E-state index contributed by atoms with van der Waals surface area (Å²) >= 11 is 8.28. The monoisotopic (exact) mass is 349 g/mol. The minimum absolute atomic E-state index is 0.255. The molecule has 2 heterocycles. The van der Waals surface area contributed by atoms with E-state index in [9.17, 15) is 4.79 Å². The number of thioether (sulfide) groups is 1. The fourth-order valence-electron chi connectivity index (χ4n) is 2.91. The van der Waals surface area contributed by atoms with Gasteiger partial charge in [-0.25, -0.2) is 0 Å². The van der Waals surface area contributed by atoms with Crippen LogP contribution < -0.4 is 10.5 Å². The van der Waals surface area contributed by atoms with Crippen molar-refractivity contribution in [2.45, 2.75) is 24.5 Å². The van der Waals surface area contributed by atoms with Crippen LogP contribution in [0, 0.1) is 0 Å². The number of rotatable bonds is 3. The van der Waals surface area contributed by atoms with Crippen molar-refractivity contribution in [1.29, 1.82) is 0 Å². The van der Waals surface area contributed by atoms with Crippen LogP contribution in [0.2, 0.25) is 5.02 Å². The zero-order chi connectivity index (χ0) is 16.2. The standard InChI is InChI=1S/C17H20ClN3OS/c1-23-14-9-5-6-10-20(12-14)15-11-19-21(17(22)16(15)18)13-7-3-2-4-8-13/h2-4,7-8,11,14H,5-6,9-10,12H2,1H3. The Labute approximate surface area is 145 Å². The molecular formula is C17H20ClN3OS. The summed E-state index contributed by atoms with van der Waals surface area (Å²) in [4.78, 5) is 14.8. The summed E-state index contributed by atoms with van der Waals surface area (Å²) in [5.41, 5.74) is 1.22. The summed E-state index contributed by atoms with van der Waals surface area (Å²) in [6, 6.07) is 9.36. The van der Waals surface area contributed by atoms with Gasteiger partial charge in [-0.1, -0.05) is 36.2 Å². The Bertz CT molecular complexity index is 720. The number of aromatic nitrogens is 2. The van der Waals surface area contributed by atoms with Gasteiger partial charge in [0.2, 0.25) is 0 Å². The SMILES string of the molecule is CSC1CCCCN(c2cnn(-c3ccccc3)c(=O)c2Cl)C1. The average molecular weight is 350 g/mol. The third kappa shape index (κ3) is 3.56. The van der Waals surface area contributed by atoms with Gasteiger partial charge in [0.05, 0.1) is 17.6 Å². The number of halogens is 1. The van der Waals surface area contributed by atoms with Gasteiger partial charge < -0.3 is 4.90 Å². The zero-order valence-corrected chi connectivity index (χ0v) is 14.7. The smallest absolute Gasteiger partial charge is 0.292 e. The van der Waals surface area contributed by atoms with Crippen molar-refractivity contribution >= 4 is 29.1 Å². The van der Waals surface area contributed by atoms with E-state index in [1.54, 1.807) is 6.20 Å². The highest BCUT2D eigenvalue weighted by atomic mass is 35.5. The van der Waals surface area contributed by atoms with Crippen molar-refractivity contribution in [1.82, 2.24) is 9.78 Å². The van der Waals surface area contributed by atoms with Crippen molar-refractivity contribution in [3.8, 4) is 5.69 Å². The molecule has 1 aromatic heterocycles. The molecule has 1 atom stereocenters. The second-order valence-electron chi connectivity index (χ2n) is 5.70. The zero-order valence-electron chi connectivity index (χ0n) is 13.1. The van der Waals surface area contributed by atoms with Crippen LogP contribution in [0.15, 0.2) is 41.3 Å². The normalized spacial score (nSPS) is 18.7. The fraction of sp³-hybridized carbons (Fsp3) is 0.412. The number of hydrogen-bond acceptors (Lipinski definition) is 4. The highest BCUT2D eigenvalue weighted by molar-refractivity contribution is 7.99. The first-order valence-electron chi connectivity index (χ1n) is 7.81. The Hall–Kier alpha value is -1.46. The van der Waals surface area contributed by atoms with Gasteiger partial charge in [0.15, 0.2) is 0 Å². The first-order valence-corrected chi connectivity index (χ1v) is 9.48. The lowest BCUT2D eigenvalue weighted by Crippen LogP contribution is -2.32. The molecule has 1 aliphatic heterocycles. The highest BCUT2D eigenvalue weighted by Gasteiger charge is 2.21. The molecule has 0 N–H and O–H groups in total. The van der Waals surface area contributed by atoms with Crippen LogP contribution in [0.4, 0.5) is 5.69 Å². The average Bonchev–Trinajstić information content (AvgIpc) is 2.83. The number of hydrogen-bond donors (Lipinski definition) is 0. The molecule has 1 saturated heterocycles. The third-order valence-corrected chi connectivity index (χ3v) is 5.61. The molecule has 1 fully saturated rings. The summed E-state index contributed by atoms with van der Waals surface area (Å²) in [5.74, 6) is 0. The molecule has 0 amide bonds. The second kappa shape index (κ2) is 7.41. The van der Waals surface area contributed by atoms with E-state index in [2.05, 4.69) is 16.3 Å². The van der Waals surface area contributed by atoms with Crippen LogP contribution in [-0.4, -0.2) is 34.4 Å². The Morgan fingerprint density at radius 1 is 1.26 bits per heavy atom. The van der Waals surface area contributed by atoms with Crippen molar-refractivity contribution in [2.24, 2.45) is 0 Å². The molecule has 3 rings (SSSR count). The van der Waals surface area contributed by atoms with Gasteiger partial charge in [-0.3, -0.25) is 4.79 Å². The molecular weight excluding hydrogens is 330 g/mol. The van der Waals surface area contributed by atoms with E-state index >= 15 is 0 Å².